The van der Waals surface area contributed by atoms with Gasteiger partial charge in [-0.3, -0.25) is 0 Å². The van der Waals surface area contributed by atoms with Crippen molar-refractivity contribution in [3.05, 3.63) is 24.3 Å². The highest BCUT2D eigenvalue weighted by Gasteiger charge is 2.32. The van der Waals surface area contributed by atoms with Crippen LogP contribution in [0, 0.1) is 0 Å². The largest absolute Gasteiger partial charge is 0.0885 e. The monoisotopic (exact) mass is 263 g/mol. The summed E-state index contributed by atoms with van der Waals surface area (Å²) in [5, 5.41) is 0. The third-order valence-electron chi connectivity index (χ3n) is 4.83. The Labute approximate surface area is 110 Å². The molecule has 1 radical (unpaired) electrons. The minimum Gasteiger partial charge on any atom is -0.0885 e. The van der Waals surface area contributed by atoms with E-state index in [-0.39, 0.29) is 8.80 Å². The number of rotatable bonds is 5. The average molecular weight is 264 g/mol. The molecule has 0 nitrogen and oxygen atoms in total. The summed E-state index contributed by atoms with van der Waals surface area (Å²) in [6, 6.07) is 3.13. The molecule has 17 heavy (non-hydrogen) atoms. The van der Waals surface area contributed by atoms with Gasteiger partial charge in [-0.15, -0.1) is 0 Å². The molecule has 0 saturated carbocycles. The van der Waals surface area contributed by atoms with Gasteiger partial charge < -0.3 is 0 Å². The maximum Gasteiger partial charge on any atom is 0.0541 e. The van der Waals surface area contributed by atoms with Crippen LogP contribution >= 0.6 is 0 Å². The summed E-state index contributed by atoms with van der Waals surface area (Å²) in [5.41, 5.74) is 1.97. The molecule has 0 aromatic heterocycles. The van der Waals surface area contributed by atoms with Crippen LogP contribution in [0.3, 0.4) is 0 Å². The number of allylic oxidation sites excluding steroid dienone is 4. The van der Waals surface area contributed by atoms with E-state index in [1.54, 1.807) is 12.1 Å². The van der Waals surface area contributed by atoms with Crippen molar-refractivity contribution in [2.24, 2.45) is 0 Å². The van der Waals surface area contributed by atoms with E-state index < -0.39 is 8.07 Å². The van der Waals surface area contributed by atoms with E-state index in [1.807, 2.05) is 0 Å². The average Bonchev–Trinajstić information content (AvgIpc) is 2.97. The molecular formula is C15H27Si2. The topological polar surface area (TPSA) is 0 Å². The molecule has 0 N–H and O–H groups in total. The fourth-order valence-corrected chi connectivity index (χ4v) is 10.8. The van der Waals surface area contributed by atoms with E-state index in [0.717, 1.165) is 11.1 Å². The van der Waals surface area contributed by atoms with E-state index in [1.165, 1.54) is 25.7 Å². The van der Waals surface area contributed by atoms with Crippen LogP contribution in [0.15, 0.2) is 24.3 Å². The molecule has 0 aliphatic heterocycles. The van der Waals surface area contributed by atoms with Gasteiger partial charge in [0.1, 0.15) is 0 Å². The lowest BCUT2D eigenvalue weighted by Crippen LogP contribution is -2.32. The second-order valence-corrected chi connectivity index (χ2v) is 14.7. The van der Waals surface area contributed by atoms with Crippen molar-refractivity contribution in [2.45, 2.75) is 68.5 Å². The van der Waals surface area contributed by atoms with Gasteiger partial charge in [-0.1, -0.05) is 56.0 Å². The second-order valence-electron chi connectivity index (χ2n) is 6.56. The van der Waals surface area contributed by atoms with Crippen molar-refractivity contribution in [2.75, 3.05) is 0 Å². The van der Waals surface area contributed by atoms with Gasteiger partial charge in [0.15, 0.2) is 0 Å². The van der Waals surface area contributed by atoms with Crippen LogP contribution in [0.2, 0.25) is 42.8 Å². The highest BCUT2D eigenvalue weighted by Crippen LogP contribution is 2.38. The van der Waals surface area contributed by atoms with Crippen LogP contribution in [-0.4, -0.2) is 16.9 Å². The van der Waals surface area contributed by atoms with Crippen molar-refractivity contribution in [3.63, 3.8) is 0 Å². The Bertz CT molecular complexity index is 304. The van der Waals surface area contributed by atoms with Gasteiger partial charge in [0, 0.05) is 0 Å². The zero-order valence-electron chi connectivity index (χ0n) is 11.7. The van der Waals surface area contributed by atoms with Crippen LogP contribution in [0.5, 0.6) is 0 Å². The molecule has 0 heterocycles. The quantitative estimate of drug-likeness (QED) is 0.469. The maximum atomic E-state index is 2.62. The molecule has 0 aromatic carbocycles. The van der Waals surface area contributed by atoms with Gasteiger partial charge >= 0.3 is 0 Å². The lowest BCUT2D eigenvalue weighted by atomic mass is 10.4. The van der Waals surface area contributed by atoms with Gasteiger partial charge in [-0.2, -0.15) is 0 Å². The molecule has 2 atom stereocenters. The first-order valence-electron chi connectivity index (χ1n) is 7.25. The molecule has 0 aromatic rings. The van der Waals surface area contributed by atoms with Crippen molar-refractivity contribution in [1.82, 2.24) is 0 Å². The summed E-state index contributed by atoms with van der Waals surface area (Å²) < 4.78 is 0. The smallest absolute Gasteiger partial charge is 0.0541 e. The summed E-state index contributed by atoms with van der Waals surface area (Å²) in [5.74, 6) is 0. The van der Waals surface area contributed by atoms with Crippen LogP contribution in [0.4, 0.5) is 0 Å². The van der Waals surface area contributed by atoms with Crippen LogP contribution in [-0.2, 0) is 0 Å². The van der Waals surface area contributed by atoms with Crippen molar-refractivity contribution < 1.29 is 0 Å². The van der Waals surface area contributed by atoms with Gasteiger partial charge in [-0.05, 0) is 36.8 Å². The summed E-state index contributed by atoms with van der Waals surface area (Å²) >= 11 is 0. The first kappa shape index (κ1) is 13.3. The molecule has 2 aliphatic rings. The van der Waals surface area contributed by atoms with Crippen LogP contribution in [0.1, 0.15) is 25.7 Å². The fraction of sp³-hybridized carbons (Fsp3) is 0.733. The third kappa shape index (κ3) is 3.44. The molecule has 0 bridgehead atoms. The Morgan fingerprint density at radius 1 is 1.12 bits per heavy atom. The summed E-state index contributed by atoms with van der Waals surface area (Å²) in [4.78, 5) is 0. The summed E-state index contributed by atoms with van der Waals surface area (Å²) in [7, 11) is -1.07. The Morgan fingerprint density at radius 3 is 2.41 bits per heavy atom. The van der Waals surface area contributed by atoms with E-state index in [0.29, 0.717) is 0 Å². The molecule has 0 amide bonds. The zero-order valence-corrected chi connectivity index (χ0v) is 13.7. The summed E-state index contributed by atoms with van der Waals surface area (Å²) in [6.45, 7) is 7.81. The standard InChI is InChI=1S/C15H27Si2/c1-16(14-8-4-5-9-14)12-13-17(2,3)15-10-6-7-11-15/h4,6,8,10,14-15H,5,7,9,11-13H2,1-3H3. The van der Waals surface area contributed by atoms with E-state index in [9.17, 15) is 0 Å². The van der Waals surface area contributed by atoms with Crippen LogP contribution < -0.4 is 0 Å². The minimum atomic E-state index is -0.969. The highest BCUT2D eigenvalue weighted by atomic mass is 28.3. The molecule has 95 valence electrons. The predicted octanol–water partition coefficient (Wildman–Crippen LogP) is 5.26. The molecular weight excluding hydrogens is 236 g/mol. The summed E-state index contributed by atoms with van der Waals surface area (Å²) in [6.07, 6.45) is 15.5. The Kier molecular flexibility index (Phi) is 4.48. The second kappa shape index (κ2) is 5.70. The molecule has 2 heteroatoms. The third-order valence-corrected chi connectivity index (χ3v) is 12.1. The molecule has 2 unspecified atom stereocenters. The fourth-order valence-electron chi connectivity index (χ4n) is 3.22. The Hall–Kier alpha value is -0.0862. The van der Waals surface area contributed by atoms with Crippen molar-refractivity contribution in [3.8, 4) is 0 Å². The lowest BCUT2D eigenvalue weighted by molar-refractivity contribution is 0.879. The van der Waals surface area contributed by atoms with Gasteiger partial charge in [0.2, 0.25) is 0 Å². The Morgan fingerprint density at radius 2 is 1.82 bits per heavy atom. The molecule has 2 rings (SSSR count). The van der Waals surface area contributed by atoms with Crippen LogP contribution in [0.25, 0.3) is 0 Å². The van der Waals surface area contributed by atoms with Crippen molar-refractivity contribution >= 4 is 16.9 Å². The minimum absolute atomic E-state index is 0.105. The normalized spacial score (nSPS) is 28.5. The molecule has 0 spiro atoms. The first-order chi connectivity index (χ1) is 8.09. The van der Waals surface area contributed by atoms with Gasteiger partial charge in [0.25, 0.3) is 0 Å². The molecule has 0 fully saturated rings. The highest BCUT2D eigenvalue weighted by molar-refractivity contribution is 6.80. The van der Waals surface area contributed by atoms with E-state index >= 15 is 0 Å². The molecule has 0 saturated heterocycles. The zero-order chi connectivity index (χ0) is 12.3. The SMILES string of the molecule is C[Si](CC[Si](C)(C)C1C=CCC1)C1C=CCC1. The Balaban J connectivity index is 1.79. The lowest BCUT2D eigenvalue weighted by Gasteiger charge is -2.30. The maximum absolute atomic E-state index is 2.62. The first-order valence-corrected chi connectivity index (χ1v) is 12.8. The number of hydrogen-bond acceptors (Lipinski definition) is 0. The number of hydrogen-bond donors (Lipinski definition) is 0. The van der Waals surface area contributed by atoms with Crippen molar-refractivity contribution in [1.29, 1.82) is 0 Å². The molecule has 2 aliphatic carbocycles. The van der Waals surface area contributed by atoms with E-state index in [4.69, 9.17) is 0 Å². The van der Waals surface area contributed by atoms with Gasteiger partial charge in [-0.25, -0.2) is 0 Å². The van der Waals surface area contributed by atoms with Gasteiger partial charge in [0.05, 0.1) is 16.9 Å². The predicted molar refractivity (Wildman–Crippen MR) is 83.0 cm³/mol. The van der Waals surface area contributed by atoms with E-state index in [2.05, 4.69) is 43.9 Å².